The first-order valence-corrected chi connectivity index (χ1v) is 8.18. The molecule has 0 aliphatic carbocycles. The summed E-state index contributed by atoms with van der Waals surface area (Å²) in [7, 11) is 0. The molecule has 7 heteroatoms. The van der Waals surface area contributed by atoms with Gasteiger partial charge in [-0.15, -0.1) is 6.58 Å². The minimum Gasteiger partial charge on any atom is -0.352 e. The Bertz CT molecular complexity index is 520. The Balaban J connectivity index is 1.81. The van der Waals surface area contributed by atoms with Crippen LogP contribution >= 0.6 is 0 Å². The predicted octanol–water partition coefficient (Wildman–Crippen LogP) is 1.17. The highest BCUT2D eigenvalue weighted by Crippen LogP contribution is 2.21. The second-order valence-corrected chi connectivity index (χ2v) is 6.23. The van der Waals surface area contributed by atoms with Gasteiger partial charge in [0.1, 0.15) is 0 Å². The Labute approximate surface area is 137 Å². The lowest BCUT2D eigenvalue weighted by Crippen LogP contribution is -2.50. The predicted molar refractivity (Wildman–Crippen MR) is 88.0 cm³/mol. The SMILES string of the molecule is C=CCNC(=O)CN1CCN([C@H](C)c2nc(C(C)C)no2)CC1. The average molecular weight is 321 g/mol. The van der Waals surface area contributed by atoms with E-state index in [1.165, 1.54) is 0 Å². The van der Waals surface area contributed by atoms with Crippen molar-refractivity contribution in [2.24, 2.45) is 0 Å². The van der Waals surface area contributed by atoms with Gasteiger partial charge in [0, 0.05) is 38.6 Å². The first-order valence-electron chi connectivity index (χ1n) is 8.18. The number of amides is 1. The van der Waals surface area contributed by atoms with Crippen LogP contribution in [-0.4, -0.2) is 65.1 Å². The molecule has 0 unspecified atom stereocenters. The number of aromatic nitrogens is 2. The molecular formula is C16H27N5O2. The fraction of sp³-hybridized carbons (Fsp3) is 0.688. The number of carbonyl (C=O) groups is 1. The van der Waals surface area contributed by atoms with Crippen molar-refractivity contribution < 1.29 is 9.32 Å². The fourth-order valence-corrected chi connectivity index (χ4v) is 2.56. The van der Waals surface area contributed by atoms with Gasteiger partial charge in [-0.1, -0.05) is 25.1 Å². The van der Waals surface area contributed by atoms with Crippen molar-refractivity contribution >= 4 is 5.91 Å². The summed E-state index contributed by atoms with van der Waals surface area (Å²) in [5.74, 6) is 1.74. The molecule has 1 saturated heterocycles. The molecule has 1 aromatic rings. The third-order valence-corrected chi connectivity index (χ3v) is 4.10. The number of hydrogen-bond donors (Lipinski definition) is 1. The average Bonchev–Trinajstić information content (AvgIpc) is 3.03. The summed E-state index contributed by atoms with van der Waals surface area (Å²) in [6, 6.07) is 0.103. The molecule has 2 heterocycles. The molecule has 0 bridgehead atoms. The van der Waals surface area contributed by atoms with Crippen molar-refractivity contribution in [1.29, 1.82) is 0 Å². The van der Waals surface area contributed by atoms with Crippen LogP contribution in [0.25, 0.3) is 0 Å². The van der Waals surface area contributed by atoms with E-state index in [2.05, 4.69) is 52.6 Å². The Morgan fingerprint density at radius 2 is 2.04 bits per heavy atom. The van der Waals surface area contributed by atoms with E-state index in [0.717, 1.165) is 32.0 Å². The summed E-state index contributed by atoms with van der Waals surface area (Å²) in [5, 5.41) is 6.84. The first kappa shape index (κ1) is 17.6. The Kier molecular flexibility index (Phi) is 6.29. The molecule has 1 atom stereocenters. The standard InChI is InChI=1S/C16H27N5O2/c1-5-6-17-14(22)11-20-7-9-21(10-8-20)13(4)16-18-15(12(2)3)19-23-16/h5,12-13H,1,6-11H2,2-4H3,(H,17,22)/t13-/m1/s1. The molecule has 0 saturated carbocycles. The molecule has 1 aliphatic heterocycles. The van der Waals surface area contributed by atoms with E-state index < -0.39 is 0 Å². The number of carbonyl (C=O) groups excluding carboxylic acids is 1. The van der Waals surface area contributed by atoms with Crippen molar-refractivity contribution in [3.8, 4) is 0 Å². The monoisotopic (exact) mass is 321 g/mol. The summed E-state index contributed by atoms with van der Waals surface area (Å²) >= 11 is 0. The van der Waals surface area contributed by atoms with Crippen LogP contribution in [0.5, 0.6) is 0 Å². The molecule has 1 amide bonds. The number of piperazine rings is 1. The summed E-state index contributed by atoms with van der Waals surface area (Å²) in [6.45, 7) is 14.2. The number of nitrogens with one attached hydrogen (secondary N) is 1. The molecule has 1 aromatic heterocycles. The third kappa shape index (κ3) is 4.87. The van der Waals surface area contributed by atoms with Crippen molar-refractivity contribution in [1.82, 2.24) is 25.3 Å². The highest BCUT2D eigenvalue weighted by molar-refractivity contribution is 5.78. The lowest BCUT2D eigenvalue weighted by atomic mass is 10.2. The van der Waals surface area contributed by atoms with Crippen molar-refractivity contribution in [2.75, 3.05) is 39.3 Å². The first-order chi connectivity index (χ1) is 11.0. The van der Waals surface area contributed by atoms with E-state index in [1.807, 2.05) is 0 Å². The van der Waals surface area contributed by atoms with Gasteiger partial charge >= 0.3 is 0 Å². The lowest BCUT2D eigenvalue weighted by molar-refractivity contribution is -0.122. The van der Waals surface area contributed by atoms with Crippen molar-refractivity contribution in [2.45, 2.75) is 32.7 Å². The number of rotatable bonds is 7. The lowest BCUT2D eigenvalue weighted by Gasteiger charge is -2.36. The van der Waals surface area contributed by atoms with Crippen LogP contribution in [0.3, 0.4) is 0 Å². The maximum Gasteiger partial charge on any atom is 0.243 e. The summed E-state index contributed by atoms with van der Waals surface area (Å²) in [4.78, 5) is 20.7. The maximum absolute atomic E-state index is 11.7. The summed E-state index contributed by atoms with van der Waals surface area (Å²) in [6.07, 6.45) is 1.69. The van der Waals surface area contributed by atoms with Gasteiger partial charge in [-0.3, -0.25) is 14.6 Å². The van der Waals surface area contributed by atoms with Gasteiger partial charge in [0.25, 0.3) is 0 Å². The summed E-state index contributed by atoms with van der Waals surface area (Å²) in [5.41, 5.74) is 0. The number of nitrogens with zero attached hydrogens (tertiary/aromatic N) is 4. The van der Waals surface area contributed by atoms with Crippen LogP contribution in [-0.2, 0) is 4.79 Å². The number of hydrogen-bond acceptors (Lipinski definition) is 6. The Morgan fingerprint density at radius 3 is 2.61 bits per heavy atom. The van der Waals surface area contributed by atoms with Crippen molar-refractivity contribution in [3.63, 3.8) is 0 Å². The molecule has 23 heavy (non-hydrogen) atoms. The van der Waals surface area contributed by atoms with Gasteiger partial charge in [0.05, 0.1) is 12.6 Å². The zero-order valence-corrected chi connectivity index (χ0v) is 14.3. The van der Waals surface area contributed by atoms with Crippen LogP contribution < -0.4 is 5.32 Å². The topological polar surface area (TPSA) is 74.5 Å². The zero-order valence-electron chi connectivity index (χ0n) is 14.3. The minimum atomic E-state index is 0.0462. The molecule has 1 N–H and O–H groups in total. The van der Waals surface area contributed by atoms with Crippen LogP contribution in [0, 0.1) is 0 Å². The molecule has 0 aromatic carbocycles. The van der Waals surface area contributed by atoms with E-state index >= 15 is 0 Å². The fourth-order valence-electron chi connectivity index (χ4n) is 2.56. The highest BCUT2D eigenvalue weighted by Gasteiger charge is 2.26. The second-order valence-electron chi connectivity index (χ2n) is 6.23. The van der Waals surface area contributed by atoms with Gasteiger partial charge < -0.3 is 9.84 Å². The molecular weight excluding hydrogens is 294 g/mol. The molecule has 1 aliphatic rings. The normalized spacial score (nSPS) is 18.1. The van der Waals surface area contributed by atoms with Crippen LogP contribution in [0.15, 0.2) is 17.2 Å². The largest absolute Gasteiger partial charge is 0.352 e. The Hall–Kier alpha value is -1.73. The Morgan fingerprint density at radius 1 is 1.35 bits per heavy atom. The molecule has 128 valence electrons. The molecule has 0 spiro atoms. The van der Waals surface area contributed by atoms with Gasteiger partial charge in [0.15, 0.2) is 5.82 Å². The van der Waals surface area contributed by atoms with Gasteiger partial charge in [-0.05, 0) is 6.92 Å². The maximum atomic E-state index is 11.7. The van der Waals surface area contributed by atoms with Gasteiger partial charge in [-0.25, -0.2) is 0 Å². The summed E-state index contributed by atoms with van der Waals surface area (Å²) < 4.78 is 5.39. The van der Waals surface area contributed by atoms with Crippen molar-refractivity contribution in [3.05, 3.63) is 24.4 Å². The molecule has 2 rings (SSSR count). The minimum absolute atomic E-state index is 0.0462. The van der Waals surface area contributed by atoms with E-state index in [4.69, 9.17) is 4.52 Å². The van der Waals surface area contributed by atoms with E-state index in [0.29, 0.717) is 19.0 Å². The molecule has 1 fully saturated rings. The highest BCUT2D eigenvalue weighted by atomic mass is 16.5. The zero-order chi connectivity index (χ0) is 16.8. The quantitative estimate of drug-likeness (QED) is 0.760. The van der Waals surface area contributed by atoms with Gasteiger partial charge in [-0.2, -0.15) is 4.98 Å². The van der Waals surface area contributed by atoms with Crippen LogP contribution in [0.1, 0.15) is 44.4 Å². The van der Waals surface area contributed by atoms with Crippen LogP contribution in [0.2, 0.25) is 0 Å². The van der Waals surface area contributed by atoms with E-state index in [1.54, 1.807) is 6.08 Å². The van der Waals surface area contributed by atoms with Gasteiger partial charge in [0.2, 0.25) is 11.8 Å². The van der Waals surface area contributed by atoms with E-state index in [-0.39, 0.29) is 17.9 Å². The van der Waals surface area contributed by atoms with E-state index in [9.17, 15) is 4.79 Å². The molecule has 7 nitrogen and oxygen atoms in total. The molecule has 0 radical (unpaired) electrons. The van der Waals surface area contributed by atoms with Crippen LogP contribution in [0.4, 0.5) is 0 Å². The third-order valence-electron chi connectivity index (χ3n) is 4.10. The second kappa shape index (κ2) is 8.21. The smallest absolute Gasteiger partial charge is 0.243 e.